The Kier molecular flexibility index (Phi) is 4.21. The predicted octanol–water partition coefficient (Wildman–Crippen LogP) is 4.06. The first kappa shape index (κ1) is 12.8. The molecule has 0 saturated carbocycles. The Morgan fingerprint density at radius 2 is 1.79 bits per heavy atom. The monoisotopic (exact) mass is 269 g/mol. The minimum absolute atomic E-state index is 0.529. The lowest BCUT2D eigenvalue weighted by Gasteiger charge is -2.26. The quantitative estimate of drug-likeness (QED) is 0.840. The molecule has 1 heterocycles. The maximum Gasteiger partial charge on any atom is 0.0331 e. The van der Waals surface area contributed by atoms with Gasteiger partial charge < -0.3 is 5.32 Å². The second-order valence-corrected chi connectivity index (χ2v) is 6.07. The van der Waals surface area contributed by atoms with Gasteiger partial charge in [0, 0.05) is 10.9 Å². The molecule has 0 spiro atoms. The Morgan fingerprint density at radius 3 is 2.68 bits per heavy atom. The molecular formula is C17H19NS. The zero-order valence-corrected chi connectivity index (χ0v) is 11.8. The van der Waals surface area contributed by atoms with E-state index in [1.807, 2.05) is 11.8 Å². The summed E-state index contributed by atoms with van der Waals surface area (Å²) in [5.74, 6) is 1.16. The van der Waals surface area contributed by atoms with Gasteiger partial charge in [0.2, 0.25) is 0 Å². The van der Waals surface area contributed by atoms with Crippen molar-refractivity contribution < 1.29 is 0 Å². The lowest BCUT2D eigenvalue weighted by atomic mass is 9.93. The highest BCUT2D eigenvalue weighted by Gasteiger charge is 2.18. The summed E-state index contributed by atoms with van der Waals surface area (Å²) in [5, 5.41) is 3.65. The largest absolute Gasteiger partial charge is 0.310 e. The zero-order chi connectivity index (χ0) is 12.9. The lowest BCUT2D eigenvalue weighted by molar-refractivity contribution is 0.495. The van der Waals surface area contributed by atoms with Crippen LogP contribution in [0.3, 0.4) is 0 Å². The van der Waals surface area contributed by atoms with E-state index in [0.717, 1.165) is 12.3 Å². The molecule has 0 bridgehead atoms. The van der Waals surface area contributed by atoms with Crippen LogP contribution in [0.1, 0.15) is 23.6 Å². The summed E-state index contributed by atoms with van der Waals surface area (Å²) in [7, 11) is 0. The molecule has 1 aliphatic heterocycles. The van der Waals surface area contributed by atoms with E-state index < -0.39 is 0 Å². The zero-order valence-electron chi connectivity index (χ0n) is 11.0. The van der Waals surface area contributed by atoms with Gasteiger partial charge >= 0.3 is 0 Å². The highest BCUT2D eigenvalue weighted by molar-refractivity contribution is 7.99. The van der Waals surface area contributed by atoms with Crippen LogP contribution in [0.4, 0.5) is 0 Å². The second kappa shape index (κ2) is 6.27. The van der Waals surface area contributed by atoms with Crippen molar-refractivity contribution in [1.82, 2.24) is 5.32 Å². The summed E-state index contributed by atoms with van der Waals surface area (Å²) < 4.78 is 0. The van der Waals surface area contributed by atoms with Gasteiger partial charge in [-0.3, -0.25) is 0 Å². The molecule has 1 aliphatic rings. The predicted molar refractivity (Wildman–Crippen MR) is 82.7 cm³/mol. The second-order valence-electron chi connectivity index (χ2n) is 4.91. The highest BCUT2D eigenvalue weighted by Crippen LogP contribution is 2.28. The van der Waals surface area contributed by atoms with Crippen molar-refractivity contribution in [3.63, 3.8) is 0 Å². The third-order valence-electron chi connectivity index (χ3n) is 3.63. The first-order valence-electron chi connectivity index (χ1n) is 6.92. The summed E-state index contributed by atoms with van der Waals surface area (Å²) in [6, 6.07) is 20.0. The van der Waals surface area contributed by atoms with Crippen molar-refractivity contribution in [2.24, 2.45) is 0 Å². The molecule has 19 heavy (non-hydrogen) atoms. The van der Waals surface area contributed by atoms with Crippen LogP contribution in [0.15, 0.2) is 59.5 Å². The number of rotatable bonds is 4. The SMILES string of the molecule is c1ccc(SCCC2NCCc3ccccc32)cc1. The smallest absolute Gasteiger partial charge is 0.0331 e. The fourth-order valence-electron chi connectivity index (χ4n) is 2.66. The van der Waals surface area contributed by atoms with Crippen LogP contribution in [-0.4, -0.2) is 12.3 Å². The van der Waals surface area contributed by atoms with Gasteiger partial charge in [0.1, 0.15) is 0 Å². The third-order valence-corrected chi connectivity index (χ3v) is 4.68. The molecule has 0 fully saturated rings. The van der Waals surface area contributed by atoms with Crippen LogP contribution in [-0.2, 0) is 6.42 Å². The summed E-state index contributed by atoms with van der Waals surface area (Å²) in [6.45, 7) is 1.11. The topological polar surface area (TPSA) is 12.0 Å². The van der Waals surface area contributed by atoms with Gasteiger partial charge in [0.15, 0.2) is 0 Å². The fraction of sp³-hybridized carbons (Fsp3) is 0.294. The van der Waals surface area contributed by atoms with E-state index in [0.29, 0.717) is 6.04 Å². The van der Waals surface area contributed by atoms with Gasteiger partial charge in [0.05, 0.1) is 0 Å². The molecule has 0 radical (unpaired) electrons. The Morgan fingerprint density at radius 1 is 1.00 bits per heavy atom. The summed E-state index contributed by atoms with van der Waals surface area (Å²) >= 11 is 1.95. The molecular weight excluding hydrogens is 250 g/mol. The van der Waals surface area contributed by atoms with Gasteiger partial charge in [-0.05, 0) is 48.4 Å². The molecule has 0 aromatic heterocycles. The van der Waals surface area contributed by atoms with Crippen LogP contribution in [0.5, 0.6) is 0 Å². The minimum atomic E-state index is 0.529. The normalized spacial score (nSPS) is 18.0. The number of thioether (sulfide) groups is 1. The van der Waals surface area contributed by atoms with Gasteiger partial charge in [-0.15, -0.1) is 11.8 Å². The van der Waals surface area contributed by atoms with E-state index in [4.69, 9.17) is 0 Å². The highest BCUT2D eigenvalue weighted by atomic mass is 32.2. The molecule has 1 N–H and O–H groups in total. The molecule has 3 rings (SSSR count). The molecule has 1 nitrogen and oxygen atoms in total. The van der Waals surface area contributed by atoms with Crippen molar-refractivity contribution in [3.05, 3.63) is 65.7 Å². The molecule has 98 valence electrons. The lowest BCUT2D eigenvalue weighted by Crippen LogP contribution is -2.30. The first-order chi connectivity index (χ1) is 9.43. The van der Waals surface area contributed by atoms with E-state index in [9.17, 15) is 0 Å². The van der Waals surface area contributed by atoms with E-state index >= 15 is 0 Å². The number of hydrogen-bond acceptors (Lipinski definition) is 2. The van der Waals surface area contributed by atoms with Crippen molar-refractivity contribution in [3.8, 4) is 0 Å². The molecule has 2 heteroatoms. The Hall–Kier alpha value is -1.25. The van der Waals surface area contributed by atoms with Crippen molar-refractivity contribution >= 4 is 11.8 Å². The average molecular weight is 269 g/mol. The Labute approximate surface area is 119 Å². The van der Waals surface area contributed by atoms with E-state index in [1.165, 1.54) is 28.9 Å². The summed E-state index contributed by atoms with van der Waals surface area (Å²) in [6.07, 6.45) is 2.36. The van der Waals surface area contributed by atoms with Gasteiger partial charge in [0.25, 0.3) is 0 Å². The maximum atomic E-state index is 3.65. The average Bonchev–Trinajstić information content (AvgIpc) is 2.49. The molecule has 0 aliphatic carbocycles. The van der Waals surface area contributed by atoms with Crippen LogP contribution in [0.25, 0.3) is 0 Å². The number of fused-ring (bicyclic) bond motifs is 1. The standard InChI is InChI=1S/C17H19NS/c1-2-7-15(8-3-1)19-13-11-17-16-9-5-4-6-14(16)10-12-18-17/h1-9,17-18H,10-13H2. The van der Waals surface area contributed by atoms with Crippen molar-refractivity contribution in [1.29, 1.82) is 0 Å². The third kappa shape index (κ3) is 3.20. The van der Waals surface area contributed by atoms with Crippen LogP contribution < -0.4 is 5.32 Å². The van der Waals surface area contributed by atoms with Crippen molar-refractivity contribution in [2.45, 2.75) is 23.8 Å². The molecule has 1 atom stereocenters. The first-order valence-corrected chi connectivity index (χ1v) is 7.91. The van der Waals surface area contributed by atoms with Crippen LogP contribution in [0.2, 0.25) is 0 Å². The van der Waals surface area contributed by atoms with Gasteiger partial charge in [-0.25, -0.2) is 0 Å². The van der Waals surface area contributed by atoms with Crippen LogP contribution >= 0.6 is 11.8 Å². The van der Waals surface area contributed by atoms with Crippen LogP contribution in [0, 0.1) is 0 Å². The number of hydrogen-bond donors (Lipinski definition) is 1. The number of nitrogens with one attached hydrogen (secondary N) is 1. The maximum absolute atomic E-state index is 3.65. The van der Waals surface area contributed by atoms with Gasteiger partial charge in [-0.1, -0.05) is 42.5 Å². The minimum Gasteiger partial charge on any atom is -0.310 e. The van der Waals surface area contributed by atoms with E-state index in [1.54, 1.807) is 0 Å². The number of benzene rings is 2. The van der Waals surface area contributed by atoms with Crippen molar-refractivity contribution in [2.75, 3.05) is 12.3 Å². The molecule has 2 aromatic rings. The summed E-state index contributed by atoms with van der Waals surface area (Å²) in [4.78, 5) is 1.37. The molecule has 0 amide bonds. The van der Waals surface area contributed by atoms with E-state index in [2.05, 4.69) is 59.9 Å². The van der Waals surface area contributed by atoms with Gasteiger partial charge in [-0.2, -0.15) is 0 Å². The molecule has 1 unspecified atom stereocenters. The van der Waals surface area contributed by atoms with E-state index in [-0.39, 0.29) is 0 Å². The fourth-order valence-corrected chi connectivity index (χ4v) is 3.60. The Balaban J connectivity index is 1.59. The summed E-state index contributed by atoms with van der Waals surface area (Å²) in [5.41, 5.74) is 3.03. The molecule has 2 aromatic carbocycles. The Bertz CT molecular complexity index is 524. The molecule has 0 saturated heterocycles.